The second-order valence-electron chi connectivity index (χ2n) is 4.36. The molecule has 0 fully saturated rings. The van der Waals surface area contributed by atoms with Crippen molar-refractivity contribution in [1.29, 1.82) is 0 Å². The normalized spacial score (nSPS) is 13.2. The number of hydrogen-bond acceptors (Lipinski definition) is 3. The van der Waals surface area contributed by atoms with Crippen molar-refractivity contribution in [3.63, 3.8) is 0 Å². The predicted octanol–water partition coefficient (Wildman–Crippen LogP) is 3.30. The van der Waals surface area contributed by atoms with Crippen molar-refractivity contribution in [3.8, 4) is 0 Å². The molecule has 1 rings (SSSR count). The Balaban J connectivity index is 2.31. The third-order valence-electron chi connectivity index (χ3n) is 3.23. The van der Waals surface area contributed by atoms with E-state index in [0.29, 0.717) is 6.04 Å². The van der Waals surface area contributed by atoms with Crippen molar-refractivity contribution < 1.29 is 0 Å². The van der Waals surface area contributed by atoms with Crippen LogP contribution in [0.3, 0.4) is 0 Å². The predicted molar refractivity (Wildman–Crippen MR) is 77.9 cm³/mol. The van der Waals surface area contributed by atoms with Gasteiger partial charge in [-0.25, -0.2) is 0 Å². The Morgan fingerprint density at radius 2 is 1.94 bits per heavy atom. The number of thiophene rings is 1. The molecule has 0 aliphatic heterocycles. The quantitative estimate of drug-likeness (QED) is 0.766. The van der Waals surface area contributed by atoms with Crippen LogP contribution in [0.4, 0.5) is 0 Å². The zero-order valence-electron chi connectivity index (χ0n) is 11.6. The van der Waals surface area contributed by atoms with E-state index in [1.807, 2.05) is 11.3 Å². The van der Waals surface area contributed by atoms with E-state index in [9.17, 15) is 0 Å². The van der Waals surface area contributed by atoms with E-state index in [2.05, 4.69) is 50.0 Å². The van der Waals surface area contributed by atoms with Crippen LogP contribution in [-0.2, 0) is 6.42 Å². The largest absolute Gasteiger partial charge is 0.308 e. The van der Waals surface area contributed by atoms with Crippen molar-refractivity contribution in [2.75, 3.05) is 26.2 Å². The van der Waals surface area contributed by atoms with E-state index >= 15 is 0 Å². The molecule has 1 unspecified atom stereocenters. The molecule has 0 bridgehead atoms. The van der Waals surface area contributed by atoms with Gasteiger partial charge in [0.2, 0.25) is 0 Å². The van der Waals surface area contributed by atoms with Gasteiger partial charge in [0.1, 0.15) is 0 Å². The fraction of sp³-hybridized carbons (Fsp3) is 0.714. The molecule has 98 valence electrons. The topological polar surface area (TPSA) is 15.3 Å². The molecule has 0 aromatic carbocycles. The number of rotatable bonds is 8. The minimum Gasteiger partial charge on any atom is -0.308 e. The first-order valence-electron chi connectivity index (χ1n) is 6.75. The maximum absolute atomic E-state index is 3.60. The summed E-state index contributed by atoms with van der Waals surface area (Å²) in [6, 6.07) is 5.00. The van der Waals surface area contributed by atoms with Gasteiger partial charge < -0.3 is 10.2 Å². The van der Waals surface area contributed by atoms with Crippen molar-refractivity contribution >= 4 is 11.3 Å². The van der Waals surface area contributed by atoms with Gasteiger partial charge in [0.05, 0.1) is 0 Å². The number of likely N-dealkylation sites (N-methyl/N-ethyl adjacent to an activating group) is 1. The van der Waals surface area contributed by atoms with Gasteiger partial charge in [0.25, 0.3) is 0 Å². The van der Waals surface area contributed by atoms with E-state index < -0.39 is 0 Å². The smallest absolute Gasteiger partial charge is 0.0386 e. The van der Waals surface area contributed by atoms with Crippen LogP contribution >= 0.6 is 11.3 Å². The lowest BCUT2D eigenvalue weighted by Crippen LogP contribution is -2.32. The molecule has 0 spiro atoms. The van der Waals surface area contributed by atoms with Crippen LogP contribution in [0.2, 0.25) is 0 Å². The third-order valence-corrected chi connectivity index (χ3v) is 4.64. The highest BCUT2D eigenvalue weighted by atomic mass is 32.1. The minimum absolute atomic E-state index is 0.482. The average Bonchev–Trinajstić information content (AvgIpc) is 2.83. The monoisotopic (exact) mass is 254 g/mol. The van der Waals surface area contributed by atoms with Gasteiger partial charge >= 0.3 is 0 Å². The number of hydrogen-bond donors (Lipinski definition) is 1. The average molecular weight is 254 g/mol. The molecule has 1 N–H and O–H groups in total. The Morgan fingerprint density at radius 3 is 2.47 bits per heavy atom. The van der Waals surface area contributed by atoms with Crippen LogP contribution in [0.25, 0.3) is 0 Å². The fourth-order valence-corrected chi connectivity index (χ4v) is 2.88. The summed E-state index contributed by atoms with van der Waals surface area (Å²) in [5.41, 5.74) is 0. The van der Waals surface area contributed by atoms with Gasteiger partial charge in [-0.3, -0.25) is 0 Å². The Bertz CT molecular complexity index is 305. The van der Waals surface area contributed by atoms with E-state index in [1.165, 1.54) is 9.75 Å². The Morgan fingerprint density at radius 1 is 1.24 bits per heavy atom. The Hall–Kier alpha value is -0.380. The molecular formula is C14H26N2S. The molecular weight excluding hydrogens is 228 g/mol. The summed E-state index contributed by atoms with van der Waals surface area (Å²) < 4.78 is 0. The highest BCUT2D eigenvalue weighted by Crippen LogP contribution is 2.23. The van der Waals surface area contributed by atoms with Crippen molar-refractivity contribution in [2.24, 2.45) is 0 Å². The Labute approximate surface area is 110 Å². The number of nitrogens with one attached hydrogen (secondary N) is 1. The number of aryl methyl sites for hydroxylation is 1. The van der Waals surface area contributed by atoms with Gasteiger partial charge in [-0.1, -0.05) is 20.8 Å². The van der Waals surface area contributed by atoms with Gasteiger partial charge in [0.15, 0.2) is 0 Å². The van der Waals surface area contributed by atoms with Crippen LogP contribution < -0.4 is 5.32 Å². The lowest BCUT2D eigenvalue weighted by atomic mass is 10.2. The highest BCUT2D eigenvalue weighted by molar-refractivity contribution is 7.12. The van der Waals surface area contributed by atoms with E-state index in [0.717, 1.165) is 32.6 Å². The SMILES string of the molecule is CCc1ccc(C(C)NCCN(CC)CC)s1. The third kappa shape index (κ3) is 4.78. The molecule has 1 heterocycles. The van der Waals surface area contributed by atoms with Crippen LogP contribution in [0, 0.1) is 0 Å². The molecule has 0 aliphatic rings. The Kier molecular flexibility index (Phi) is 6.78. The first kappa shape index (κ1) is 14.7. The minimum atomic E-state index is 0.482. The second kappa shape index (κ2) is 7.85. The van der Waals surface area contributed by atoms with Gasteiger partial charge in [-0.15, -0.1) is 11.3 Å². The van der Waals surface area contributed by atoms with Crippen LogP contribution in [-0.4, -0.2) is 31.1 Å². The van der Waals surface area contributed by atoms with Crippen molar-refractivity contribution in [1.82, 2.24) is 10.2 Å². The summed E-state index contributed by atoms with van der Waals surface area (Å²) in [7, 11) is 0. The maximum atomic E-state index is 3.60. The summed E-state index contributed by atoms with van der Waals surface area (Å²) in [5, 5.41) is 3.60. The van der Waals surface area contributed by atoms with Gasteiger partial charge in [-0.2, -0.15) is 0 Å². The summed E-state index contributed by atoms with van der Waals surface area (Å²) >= 11 is 1.94. The van der Waals surface area contributed by atoms with Crippen molar-refractivity contribution in [3.05, 3.63) is 21.9 Å². The summed E-state index contributed by atoms with van der Waals surface area (Å²) in [5.74, 6) is 0. The molecule has 3 heteroatoms. The maximum Gasteiger partial charge on any atom is 0.0386 e. The molecule has 0 saturated heterocycles. The molecule has 1 aromatic rings. The zero-order chi connectivity index (χ0) is 12.7. The zero-order valence-corrected chi connectivity index (χ0v) is 12.4. The highest BCUT2D eigenvalue weighted by Gasteiger charge is 2.07. The molecule has 0 radical (unpaired) electrons. The molecule has 1 atom stereocenters. The van der Waals surface area contributed by atoms with Crippen LogP contribution in [0.15, 0.2) is 12.1 Å². The lowest BCUT2D eigenvalue weighted by Gasteiger charge is -2.20. The number of nitrogens with zero attached hydrogens (tertiary/aromatic N) is 1. The molecule has 1 aromatic heterocycles. The van der Waals surface area contributed by atoms with Crippen LogP contribution in [0.5, 0.6) is 0 Å². The van der Waals surface area contributed by atoms with Gasteiger partial charge in [0, 0.05) is 28.9 Å². The standard InChI is InChI=1S/C14H26N2S/c1-5-13-8-9-14(17-13)12(4)15-10-11-16(6-2)7-3/h8-9,12,15H,5-7,10-11H2,1-4H3. The molecule has 17 heavy (non-hydrogen) atoms. The first-order valence-corrected chi connectivity index (χ1v) is 7.57. The molecule has 0 amide bonds. The second-order valence-corrected chi connectivity index (χ2v) is 5.56. The van der Waals surface area contributed by atoms with Crippen LogP contribution in [0.1, 0.15) is 43.5 Å². The molecule has 2 nitrogen and oxygen atoms in total. The lowest BCUT2D eigenvalue weighted by molar-refractivity contribution is 0.298. The fourth-order valence-electron chi connectivity index (χ4n) is 1.90. The molecule has 0 aliphatic carbocycles. The first-order chi connectivity index (χ1) is 8.21. The summed E-state index contributed by atoms with van der Waals surface area (Å²) in [6.45, 7) is 13.4. The summed E-state index contributed by atoms with van der Waals surface area (Å²) in [4.78, 5) is 5.39. The van der Waals surface area contributed by atoms with E-state index in [-0.39, 0.29) is 0 Å². The summed E-state index contributed by atoms with van der Waals surface area (Å²) in [6.07, 6.45) is 1.15. The molecule has 0 saturated carbocycles. The van der Waals surface area contributed by atoms with E-state index in [1.54, 1.807) is 0 Å². The van der Waals surface area contributed by atoms with Crippen molar-refractivity contribution in [2.45, 2.75) is 40.2 Å². The van der Waals surface area contributed by atoms with Gasteiger partial charge in [-0.05, 0) is 38.6 Å². The van der Waals surface area contributed by atoms with E-state index in [4.69, 9.17) is 0 Å².